The lowest BCUT2D eigenvalue weighted by Crippen LogP contribution is -1.96. The average Bonchev–Trinajstić information content (AvgIpc) is 2.64. The van der Waals surface area contributed by atoms with Crippen molar-refractivity contribution in [2.45, 2.75) is 19.8 Å². The number of nitrogens with zero attached hydrogens (tertiary/aromatic N) is 2. The van der Waals surface area contributed by atoms with E-state index >= 15 is 0 Å². The quantitative estimate of drug-likeness (QED) is 0.737. The summed E-state index contributed by atoms with van der Waals surface area (Å²) >= 11 is 0. The summed E-state index contributed by atoms with van der Waals surface area (Å²) in [4.78, 5) is 4.20. The van der Waals surface area contributed by atoms with Gasteiger partial charge in [0.15, 0.2) is 11.5 Å². The second-order valence-corrected chi connectivity index (χ2v) is 3.47. The molecule has 0 aliphatic rings. The number of aryl methyl sites for hydroxylation is 1. The van der Waals surface area contributed by atoms with Crippen LogP contribution < -0.4 is 4.74 Å². The zero-order chi connectivity index (χ0) is 11.4. The number of oxazole rings is 1. The second-order valence-electron chi connectivity index (χ2n) is 3.47. The molecule has 0 radical (unpaired) electrons. The molecule has 0 N–H and O–H groups in total. The Balaban J connectivity index is 2.05. The Kier molecular flexibility index (Phi) is 3.06. The molecule has 4 nitrogen and oxygen atoms in total. The first kappa shape index (κ1) is 10.5. The molecule has 0 spiro atoms. The van der Waals surface area contributed by atoms with Gasteiger partial charge in [-0.1, -0.05) is 0 Å². The van der Waals surface area contributed by atoms with E-state index in [1.807, 2.05) is 25.1 Å². The summed E-state index contributed by atoms with van der Waals surface area (Å²) in [6.45, 7) is 2.36. The third-order valence-electron chi connectivity index (χ3n) is 2.17. The van der Waals surface area contributed by atoms with E-state index in [1.165, 1.54) is 0 Å². The highest BCUT2D eigenvalue weighted by Crippen LogP contribution is 2.21. The summed E-state index contributed by atoms with van der Waals surface area (Å²) in [5.41, 5.74) is 1.57. The van der Waals surface area contributed by atoms with E-state index in [0.717, 1.165) is 23.3 Å². The third-order valence-corrected chi connectivity index (χ3v) is 2.17. The summed E-state index contributed by atoms with van der Waals surface area (Å²) < 4.78 is 10.9. The van der Waals surface area contributed by atoms with Crippen molar-refractivity contribution in [3.8, 4) is 11.8 Å². The van der Waals surface area contributed by atoms with Crippen LogP contribution in [-0.2, 0) is 0 Å². The highest BCUT2D eigenvalue weighted by atomic mass is 16.5. The fourth-order valence-corrected chi connectivity index (χ4v) is 1.45. The van der Waals surface area contributed by atoms with Crippen LogP contribution in [-0.4, -0.2) is 11.6 Å². The van der Waals surface area contributed by atoms with Crippen molar-refractivity contribution < 1.29 is 9.15 Å². The van der Waals surface area contributed by atoms with Crippen LogP contribution in [0, 0.1) is 18.3 Å². The van der Waals surface area contributed by atoms with Gasteiger partial charge in [-0.05, 0) is 18.6 Å². The lowest BCUT2D eigenvalue weighted by molar-refractivity contribution is 0.312. The molecule has 2 aromatic rings. The number of fused-ring (bicyclic) bond motifs is 1. The van der Waals surface area contributed by atoms with Gasteiger partial charge in [0, 0.05) is 19.4 Å². The molecule has 1 heterocycles. The van der Waals surface area contributed by atoms with Crippen molar-refractivity contribution in [3.05, 3.63) is 24.1 Å². The fraction of sp³-hybridized carbons (Fsp3) is 0.333. The Morgan fingerprint density at radius 1 is 1.50 bits per heavy atom. The first-order valence-corrected chi connectivity index (χ1v) is 5.16. The minimum atomic E-state index is 0.518. The smallest absolute Gasteiger partial charge is 0.192 e. The number of nitriles is 1. The molecule has 4 heteroatoms. The first-order chi connectivity index (χ1) is 7.79. The number of aromatic nitrogens is 1. The predicted octanol–water partition coefficient (Wildman–Crippen LogP) is 2.82. The number of hydrogen-bond donors (Lipinski definition) is 0. The first-order valence-electron chi connectivity index (χ1n) is 5.16. The van der Waals surface area contributed by atoms with E-state index in [2.05, 4.69) is 11.1 Å². The van der Waals surface area contributed by atoms with Crippen LogP contribution in [0.25, 0.3) is 11.1 Å². The minimum absolute atomic E-state index is 0.518. The van der Waals surface area contributed by atoms with E-state index in [0.29, 0.717) is 18.9 Å². The molecular weight excluding hydrogens is 204 g/mol. The summed E-state index contributed by atoms with van der Waals surface area (Å²) in [6, 6.07) is 7.62. The summed E-state index contributed by atoms with van der Waals surface area (Å²) in [7, 11) is 0. The Morgan fingerprint density at radius 2 is 2.38 bits per heavy atom. The van der Waals surface area contributed by atoms with Crippen LogP contribution in [0.5, 0.6) is 5.75 Å². The Morgan fingerprint density at radius 3 is 3.19 bits per heavy atom. The van der Waals surface area contributed by atoms with Gasteiger partial charge in [-0.15, -0.1) is 0 Å². The van der Waals surface area contributed by atoms with Crippen LogP contribution in [0.1, 0.15) is 18.7 Å². The highest BCUT2D eigenvalue weighted by molar-refractivity contribution is 5.74. The Labute approximate surface area is 93.5 Å². The van der Waals surface area contributed by atoms with Gasteiger partial charge < -0.3 is 9.15 Å². The zero-order valence-electron chi connectivity index (χ0n) is 9.06. The maximum Gasteiger partial charge on any atom is 0.192 e. The lowest BCUT2D eigenvalue weighted by Gasteiger charge is -2.03. The number of rotatable bonds is 4. The molecule has 2 rings (SSSR count). The molecular formula is C12H12N2O2. The van der Waals surface area contributed by atoms with Gasteiger partial charge in [-0.25, -0.2) is 4.98 Å². The summed E-state index contributed by atoms with van der Waals surface area (Å²) in [6.07, 6.45) is 1.26. The molecule has 0 unspecified atom stereocenters. The molecule has 82 valence electrons. The molecule has 1 aromatic carbocycles. The molecule has 1 aromatic heterocycles. The molecule has 0 aliphatic carbocycles. The van der Waals surface area contributed by atoms with E-state index in [4.69, 9.17) is 14.4 Å². The standard InChI is InChI=1S/C12H12N2O2/c1-9-14-11-5-4-10(8-12(11)16-9)15-7-3-2-6-13/h4-5,8H,2-3,7H2,1H3. The van der Waals surface area contributed by atoms with Crippen molar-refractivity contribution in [2.24, 2.45) is 0 Å². The Hall–Kier alpha value is -2.02. The minimum Gasteiger partial charge on any atom is -0.493 e. The van der Waals surface area contributed by atoms with Crippen molar-refractivity contribution in [1.29, 1.82) is 5.26 Å². The van der Waals surface area contributed by atoms with Crippen LogP contribution in [0.4, 0.5) is 0 Å². The van der Waals surface area contributed by atoms with Crippen LogP contribution in [0.15, 0.2) is 22.6 Å². The summed E-state index contributed by atoms with van der Waals surface area (Å²) in [5, 5.41) is 8.38. The fourth-order valence-electron chi connectivity index (χ4n) is 1.45. The lowest BCUT2D eigenvalue weighted by atomic mass is 10.3. The van der Waals surface area contributed by atoms with Crippen LogP contribution in [0.3, 0.4) is 0 Å². The third kappa shape index (κ3) is 2.31. The van der Waals surface area contributed by atoms with Crippen molar-refractivity contribution in [2.75, 3.05) is 6.61 Å². The number of hydrogen-bond acceptors (Lipinski definition) is 4. The number of benzene rings is 1. The average molecular weight is 216 g/mol. The van der Waals surface area contributed by atoms with E-state index in [-0.39, 0.29) is 0 Å². The van der Waals surface area contributed by atoms with Gasteiger partial charge >= 0.3 is 0 Å². The maximum absolute atomic E-state index is 8.38. The molecule has 0 fully saturated rings. The monoisotopic (exact) mass is 216 g/mol. The SMILES string of the molecule is Cc1nc2ccc(OCCCC#N)cc2o1. The van der Waals surface area contributed by atoms with Crippen LogP contribution >= 0.6 is 0 Å². The molecule has 16 heavy (non-hydrogen) atoms. The normalized spacial score (nSPS) is 10.2. The Bertz CT molecular complexity index is 525. The van der Waals surface area contributed by atoms with Gasteiger partial charge in [-0.2, -0.15) is 5.26 Å². The van der Waals surface area contributed by atoms with E-state index in [1.54, 1.807) is 0 Å². The summed E-state index contributed by atoms with van der Waals surface area (Å²) in [5.74, 6) is 1.40. The van der Waals surface area contributed by atoms with Gasteiger partial charge in [0.2, 0.25) is 0 Å². The van der Waals surface area contributed by atoms with Crippen LogP contribution in [0.2, 0.25) is 0 Å². The predicted molar refractivity (Wildman–Crippen MR) is 59.1 cm³/mol. The molecule has 0 saturated heterocycles. The number of ether oxygens (including phenoxy) is 1. The highest BCUT2D eigenvalue weighted by Gasteiger charge is 2.03. The largest absolute Gasteiger partial charge is 0.493 e. The number of unbranched alkanes of at least 4 members (excludes halogenated alkanes) is 1. The van der Waals surface area contributed by atoms with Gasteiger partial charge in [0.05, 0.1) is 12.7 Å². The zero-order valence-corrected chi connectivity index (χ0v) is 9.06. The van der Waals surface area contributed by atoms with Crippen molar-refractivity contribution >= 4 is 11.1 Å². The van der Waals surface area contributed by atoms with E-state index in [9.17, 15) is 0 Å². The molecule has 0 atom stereocenters. The van der Waals surface area contributed by atoms with Gasteiger partial charge in [0.1, 0.15) is 11.3 Å². The molecule has 0 saturated carbocycles. The van der Waals surface area contributed by atoms with Gasteiger partial charge in [-0.3, -0.25) is 0 Å². The molecule has 0 aliphatic heterocycles. The second kappa shape index (κ2) is 4.67. The maximum atomic E-state index is 8.38. The van der Waals surface area contributed by atoms with Gasteiger partial charge in [0.25, 0.3) is 0 Å². The molecule has 0 bridgehead atoms. The van der Waals surface area contributed by atoms with E-state index < -0.39 is 0 Å². The molecule has 0 amide bonds. The van der Waals surface area contributed by atoms with Crippen molar-refractivity contribution in [1.82, 2.24) is 4.98 Å². The topological polar surface area (TPSA) is 59.0 Å². The van der Waals surface area contributed by atoms with Crippen molar-refractivity contribution in [3.63, 3.8) is 0 Å².